The monoisotopic (exact) mass is 266 g/mol. The average Bonchev–Trinajstić information content (AvgIpc) is 2.28. The summed E-state index contributed by atoms with van der Waals surface area (Å²) in [4.78, 5) is 11.1. The third-order valence-electron chi connectivity index (χ3n) is 1.94. The number of aliphatic hydroxyl groups is 1. The highest BCUT2D eigenvalue weighted by Gasteiger charge is 2.38. The van der Waals surface area contributed by atoms with E-state index in [0.29, 0.717) is 0 Å². The SMILES string of the molecule is O=C(NCC(O)C(F)(F)F)Nc1ccc(F)cc1. The van der Waals surface area contributed by atoms with Gasteiger partial charge >= 0.3 is 12.2 Å². The fourth-order valence-corrected chi connectivity index (χ4v) is 1.01. The molecule has 18 heavy (non-hydrogen) atoms. The summed E-state index contributed by atoms with van der Waals surface area (Å²) in [7, 11) is 0. The van der Waals surface area contributed by atoms with Crippen LogP contribution in [0.1, 0.15) is 0 Å². The molecule has 1 aromatic rings. The number of halogens is 4. The van der Waals surface area contributed by atoms with Crippen molar-refractivity contribution in [3.63, 3.8) is 0 Å². The van der Waals surface area contributed by atoms with Crippen LogP contribution in [0.4, 0.5) is 28.0 Å². The van der Waals surface area contributed by atoms with Crippen LogP contribution in [0.2, 0.25) is 0 Å². The van der Waals surface area contributed by atoms with Crippen molar-refractivity contribution in [1.29, 1.82) is 0 Å². The number of alkyl halides is 3. The number of urea groups is 1. The van der Waals surface area contributed by atoms with Gasteiger partial charge in [0.05, 0.1) is 6.54 Å². The summed E-state index contributed by atoms with van der Waals surface area (Å²) in [5.41, 5.74) is 0.218. The van der Waals surface area contributed by atoms with Crippen LogP contribution in [0, 0.1) is 5.82 Å². The summed E-state index contributed by atoms with van der Waals surface area (Å²) in [6.07, 6.45) is -7.42. The normalized spacial score (nSPS) is 12.9. The summed E-state index contributed by atoms with van der Waals surface area (Å²) < 4.78 is 48.2. The molecule has 0 aliphatic carbocycles. The minimum atomic E-state index is -4.79. The molecule has 0 bridgehead atoms. The van der Waals surface area contributed by atoms with Crippen LogP contribution in [0.15, 0.2) is 24.3 Å². The molecule has 0 spiro atoms. The highest BCUT2D eigenvalue weighted by atomic mass is 19.4. The number of amides is 2. The van der Waals surface area contributed by atoms with Gasteiger partial charge in [-0.1, -0.05) is 0 Å². The Kier molecular flexibility index (Phi) is 4.49. The summed E-state index contributed by atoms with van der Waals surface area (Å²) in [6.45, 7) is -0.962. The van der Waals surface area contributed by atoms with Gasteiger partial charge in [-0.25, -0.2) is 9.18 Å². The zero-order valence-corrected chi connectivity index (χ0v) is 8.96. The number of carbonyl (C=O) groups excluding carboxylic acids is 1. The molecule has 1 aromatic carbocycles. The van der Waals surface area contributed by atoms with Gasteiger partial charge in [-0.3, -0.25) is 0 Å². The van der Waals surface area contributed by atoms with Crippen LogP contribution >= 0.6 is 0 Å². The van der Waals surface area contributed by atoms with Crippen molar-refractivity contribution in [2.24, 2.45) is 0 Å². The van der Waals surface area contributed by atoms with E-state index >= 15 is 0 Å². The topological polar surface area (TPSA) is 61.4 Å². The van der Waals surface area contributed by atoms with Gasteiger partial charge in [0.2, 0.25) is 0 Å². The van der Waals surface area contributed by atoms with E-state index in [1.54, 1.807) is 0 Å². The Balaban J connectivity index is 2.41. The molecule has 0 saturated carbocycles. The van der Waals surface area contributed by atoms with E-state index in [1.165, 1.54) is 12.1 Å². The van der Waals surface area contributed by atoms with Crippen molar-refractivity contribution in [1.82, 2.24) is 5.32 Å². The Morgan fingerprint density at radius 3 is 2.33 bits per heavy atom. The molecule has 0 aromatic heterocycles. The molecule has 0 fully saturated rings. The number of anilines is 1. The van der Waals surface area contributed by atoms with Crippen LogP contribution in [-0.4, -0.2) is 30.0 Å². The van der Waals surface area contributed by atoms with E-state index in [9.17, 15) is 22.4 Å². The third kappa shape index (κ3) is 4.58. The molecule has 3 N–H and O–H groups in total. The Hall–Kier alpha value is -1.83. The van der Waals surface area contributed by atoms with E-state index in [2.05, 4.69) is 5.32 Å². The molecular weight excluding hydrogens is 256 g/mol. The molecule has 0 heterocycles. The standard InChI is InChI=1S/C10H10F4N2O2/c11-6-1-3-7(4-2-6)16-9(18)15-5-8(17)10(12,13)14/h1-4,8,17H,5H2,(H2,15,16,18). The molecule has 1 atom stereocenters. The van der Waals surface area contributed by atoms with Crippen LogP contribution in [0.3, 0.4) is 0 Å². The third-order valence-corrected chi connectivity index (χ3v) is 1.94. The molecule has 4 nitrogen and oxygen atoms in total. The maximum Gasteiger partial charge on any atom is 0.416 e. The predicted molar refractivity (Wildman–Crippen MR) is 55.5 cm³/mol. The Morgan fingerprint density at radius 2 is 1.83 bits per heavy atom. The first-order chi connectivity index (χ1) is 8.29. The molecule has 1 rings (SSSR count). The number of nitrogens with one attached hydrogen (secondary N) is 2. The van der Waals surface area contributed by atoms with Gasteiger partial charge in [-0.2, -0.15) is 13.2 Å². The summed E-state index contributed by atoms with van der Waals surface area (Å²) >= 11 is 0. The van der Waals surface area contributed by atoms with Gasteiger partial charge in [0.25, 0.3) is 0 Å². The Bertz CT molecular complexity index is 405. The smallest absolute Gasteiger partial charge is 0.382 e. The first-order valence-corrected chi connectivity index (χ1v) is 4.84. The van der Waals surface area contributed by atoms with Crippen LogP contribution in [0.5, 0.6) is 0 Å². The molecule has 0 saturated heterocycles. The minimum absolute atomic E-state index is 0.218. The molecular formula is C10H10F4N2O2. The quantitative estimate of drug-likeness (QED) is 0.731. The lowest BCUT2D eigenvalue weighted by atomic mass is 10.3. The maximum absolute atomic E-state index is 12.5. The predicted octanol–water partition coefficient (Wildman–Crippen LogP) is 1.87. The summed E-state index contributed by atoms with van der Waals surface area (Å²) in [6, 6.07) is 3.73. The highest BCUT2D eigenvalue weighted by molar-refractivity contribution is 5.89. The number of hydrogen-bond acceptors (Lipinski definition) is 2. The Morgan fingerprint density at radius 1 is 1.28 bits per heavy atom. The Labute approximate surface area is 99.6 Å². The minimum Gasteiger partial charge on any atom is -0.382 e. The van der Waals surface area contributed by atoms with Crippen molar-refractivity contribution in [3.8, 4) is 0 Å². The number of benzene rings is 1. The van der Waals surface area contributed by atoms with Crippen LogP contribution in [-0.2, 0) is 0 Å². The second kappa shape index (κ2) is 5.67. The molecule has 0 aliphatic heterocycles. The highest BCUT2D eigenvalue weighted by Crippen LogP contribution is 2.19. The maximum atomic E-state index is 12.5. The molecule has 2 amide bonds. The zero-order valence-electron chi connectivity index (χ0n) is 8.96. The second-order valence-electron chi connectivity index (χ2n) is 3.40. The molecule has 1 unspecified atom stereocenters. The van der Waals surface area contributed by atoms with Crippen molar-refractivity contribution in [3.05, 3.63) is 30.1 Å². The van der Waals surface area contributed by atoms with E-state index in [-0.39, 0.29) is 5.69 Å². The lowest BCUT2D eigenvalue weighted by molar-refractivity contribution is -0.201. The fourth-order valence-electron chi connectivity index (χ4n) is 1.01. The number of carbonyl (C=O) groups is 1. The second-order valence-corrected chi connectivity index (χ2v) is 3.40. The summed E-state index contributed by atoms with van der Waals surface area (Å²) in [5, 5.41) is 12.6. The average molecular weight is 266 g/mol. The van der Waals surface area contributed by atoms with Gasteiger partial charge in [-0.05, 0) is 24.3 Å². The van der Waals surface area contributed by atoms with E-state index < -0.39 is 30.7 Å². The summed E-state index contributed by atoms with van der Waals surface area (Å²) in [5.74, 6) is -0.506. The van der Waals surface area contributed by atoms with E-state index in [1.807, 2.05) is 5.32 Å². The molecule has 0 radical (unpaired) electrons. The van der Waals surface area contributed by atoms with Crippen LogP contribution in [0.25, 0.3) is 0 Å². The molecule has 100 valence electrons. The molecule has 8 heteroatoms. The van der Waals surface area contributed by atoms with Gasteiger partial charge < -0.3 is 15.7 Å². The lowest BCUT2D eigenvalue weighted by Gasteiger charge is -2.15. The van der Waals surface area contributed by atoms with E-state index in [4.69, 9.17) is 5.11 Å². The number of rotatable bonds is 3. The van der Waals surface area contributed by atoms with Gasteiger partial charge in [-0.15, -0.1) is 0 Å². The van der Waals surface area contributed by atoms with Gasteiger partial charge in [0.1, 0.15) is 5.82 Å². The van der Waals surface area contributed by atoms with Gasteiger partial charge in [0, 0.05) is 5.69 Å². The van der Waals surface area contributed by atoms with Crippen molar-refractivity contribution < 1.29 is 27.5 Å². The zero-order chi connectivity index (χ0) is 13.8. The first-order valence-electron chi connectivity index (χ1n) is 4.84. The fraction of sp³-hybridized carbons (Fsp3) is 0.300. The van der Waals surface area contributed by atoms with Crippen molar-refractivity contribution in [2.45, 2.75) is 12.3 Å². The lowest BCUT2D eigenvalue weighted by Crippen LogP contribution is -2.42. The van der Waals surface area contributed by atoms with Gasteiger partial charge in [0.15, 0.2) is 6.10 Å². The number of hydrogen-bond donors (Lipinski definition) is 3. The first kappa shape index (κ1) is 14.2. The number of aliphatic hydroxyl groups excluding tert-OH is 1. The van der Waals surface area contributed by atoms with Crippen LogP contribution < -0.4 is 10.6 Å². The molecule has 0 aliphatic rings. The van der Waals surface area contributed by atoms with Crippen molar-refractivity contribution >= 4 is 11.7 Å². The largest absolute Gasteiger partial charge is 0.416 e. The van der Waals surface area contributed by atoms with Crippen molar-refractivity contribution in [2.75, 3.05) is 11.9 Å². The van der Waals surface area contributed by atoms with E-state index in [0.717, 1.165) is 12.1 Å².